The minimum Gasteiger partial charge on any atom is -0.376 e. The highest BCUT2D eigenvalue weighted by Crippen LogP contribution is 2.30. The predicted molar refractivity (Wildman–Crippen MR) is 181 cm³/mol. The molecule has 45 heavy (non-hydrogen) atoms. The summed E-state index contributed by atoms with van der Waals surface area (Å²) >= 11 is 0. The summed E-state index contributed by atoms with van der Waals surface area (Å²) in [5, 5.41) is 4.88. The molecule has 1 fully saturated rings. The Kier molecular flexibility index (Phi) is 12.7. The first-order chi connectivity index (χ1) is 20.7. The van der Waals surface area contributed by atoms with Crippen molar-refractivity contribution in [2.75, 3.05) is 25.0 Å². The Morgan fingerprint density at radius 3 is 2.33 bits per heavy atom. The van der Waals surface area contributed by atoms with E-state index in [0.29, 0.717) is 19.7 Å². The van der Waals surface area contributed by atoms with Crippen molar-refractivity contribution in [2.45, 2.75) is 51.3 Å². The largest absolute Gasteiger partial charge is 0.376 e. The molecule has 11 heteroatoms. The number of imidazole rings is 1. The number of hydrogen-bond donors (Lipinski definition) is 2. The van der Waals surface area contributed by atoms with Gasteiger partial charge in [-0.25, -0.2) is 4.98 Å². The number of ether oxygens (including phenoxy) is 1. The number of rotatable bonds is 12. The number of carbonyl (C=O) groups excluding carboxylic acids is 3. The Morgan fingerprint density at radius 1 is 0.956 bits per heavy atom. The molecule has 0 radical (unpaired) electrons. The molecule has 4 aromatic rings. The first-order valence-electron chi connectivity index (χ1n) is 14.8. The number of amides is 2. The zero-order valence-corrected chi connectivity index (χ0v) is 27.2. The smallest absolute Gasteiger partial charge is 0.250 e. The van der Waals surface area contributed by atoms with Crippen molar-refractivity contribution >= 4 is 59.0 Å². The minimum absolute atomic E-state index is 0. The van der Waals surface area contributed by atoms with Crippen LogP contribution in [0.2, 0.25) is 0 Å². The summed E-state index contributed by atoms with van der Waals surface area (Å²) in [6, 6.07) is 22.9. The molecular weight excluding hydrogens is 613 g/mol. The molecule has 1 saturated heterocycles. The number of nitrogens with one attached hydrogen (secondary N) is 1. The molecule has 0 aliphatic carbocycles. The van der Waals surface area contributed by atoms with Crippen molar-refractivity contribution in [3.8, 4) is 0 Å². The molecule has 1 aromatic heterocycles. The number of ketones is 1. The summed E-state index contributed by atoms with van der Waals surface area (Å²) < 4.78 is 7.61. The van der Waals surface area contributed by atoms with Crippen LogP contribution in [-0.2, 0) is 25.7 Å². The number of nitrogens with two attached hydrogens (primary N) is 1. The highest BCUT2D eigenvalue weighted by Gasteiger charge is 2.32. The molecule has 3 N–H and O–H groups in total. The lowest BCUT2D eigenvalue weighted by atomic mass is 9.91. The molecule has 1 aliphatic heterocycles. The van der Waals surface area contributed by atoms with E-state index < -0.39 is 23.4 Å². The fourth-order valence-corrected chi connectivity index (χ4v) is 5.40. The number of benzene rings is 3. The van der Waals surface area contributed by atoms with E-state index >= 15 is 0 Å². The molecule has 2 amide bonds. The van der Waals surface area contributed by atoms with Gasteiger partial charge in [0, 0.05) is 25.7 Å². The van der Waals surface area contributed by atoms with Gasteiger partial charge in [0.2, 0.25) is 11.8 Å². The lowest BCUT2D eigenvalue weighted by molar-refractivity contribution is -0.132. The van der Waals surface area contributed by atoms with E-state index in [0.717, 1.165) is 34.7 Å². The van der Waals surface area contributed by atoms with E-state index in [1.807, 2.05) is 77.7 Å². The lowest BCUT2D eigenvalue weighted by Crippen LogP contribution is -2.44. The number of likely N-dealkylation sites (tertiary alicyclic amines) is 1. The molecule has 9 nitrogen and oxygen atoms in total. The van der Waals surface area contributed by atoms with Crippen LogP contribution in [0.4, 0.5) is 5.82 Å². The van der Waals surface area contributed by atoms with E-state index in [1.165, 1.54) is 0 Å². The second-order valence-electron chi connectivity index (χ2n) is 11.7. The highest BCUT2D eigenvalue weighted by atomic mass is 35.5. The van der Waals surface area contributed by atoms with Crippen molar-refractivity contribution in [1.29, 1.82) is 0 Å². The van der Waals surface area contributed by atoms with Crippen LogP contribution in [0.1, 0.15) is 50.3 Å². The van der Waals surface area contributed by atoms with Gasteiger partial charge >= 0.3 is 0 Å². The van der Waals surface area contributed by atoms with Crippen LogP contribution in [0.3, 0.4) is 0 Å². The zero-order valence-electron chi connectivity index (χ0n) is 25.6. The molecule has 240 valence electrons. The fraction of sp³-hybridized carbons (Fsp3) is 0.353. The Hall–Kier alpha value is -3.76. The summed E-state index contributed by atoms with van der Waals surface area (Å²) in [5.41, 5.74) is 6.79. The number of hydrogen-bond acceptors (Lipinski definition) is 6. The summed E-state index contributed by atoms with van der Waals surface area (Å²) in [6.45, 7) is 5.03. The third kappa shape index (κ3) is 8.92. The monoisotopic (exact) mass is 653 g/mol. The molecule has 0 saturated carbocycles. The van der Waals surface area contributed by atoms with Gasteiger partial charge in [0.1, 0.15) is 6.04 Å². The Labute approximate surface area is 276 Å². The summed E-state index contributed by atoms with van der Waals surface area (Å²) in [7, 11) is 0. The number of fused-ring (bicyclic) bond motifs is 1. The first-order valence-corrected chi connectivity index (χ1v) is 14.8. The third-order valence-electron chi connectivity index (χ3n) is 7.87. The maximum atomic E-state index is 13.9. The number of aromatic nitrogens is 2. The number of nitrogens with zero attached hydrogens (tertiary/aromatic N) is 3. The zero-order chi connectivity index (χ0) is 30.4. The minimum atomic E-state index is -1.08. The third-order valence-corrected chi connectivity index (χ3v) is 7.87. The average Bonchev–Trinajstić information content (AvgIpc) is 3.70. The maximum Gasteiger partial charge on any atom is 0.250 e. The summed E-state index contributed by atoms with van der Waals surface area (Å²) in [5.74, 6) is -1.13. The van der Waals surface area contributed by atoms with Crippen LogP contribution in [0.15, 0.2) is 85.3 Å². The van der Waals surface area contributed by atoms with E-state index in [4.69, 9.17) is 10.5 Å². The van der Waals surface area contributed by atoms with Gasteiger partial charge in [-0.2, -0.15) is 0 Å². The van der Waals surface area contributed by atoms with Crippen LogP contribution in [-0.4, -0.2) is 57.3 Å². The molecule has 0 bridgehead atoms. The highest BCUT2D eigenvalue weighted by molar-refractivity contribution is 5.97. The molecule has 3 aromatic carbocycles. The fourth-order valence-electron chi connectivity index (χ4n) is 5.40. The van der Waals surface area contributed by atoms with Crippen molar-refractivity contribution in [3.05, 3.63) is 96.4 Å². The van der Waals surface area contributed by atoms with Gasteiger partial charge in [-0.05, 0) is 48.6 Å². The summed E-state index contributed by atoms with van der Waals surface area (Å²) in [4.78, 5) is 46.5. The van der Waals surface area contributed by atoms with Gasteiger partial charge in [0.25, 0.3) is 0 Å². The van der Waals surface area contributed by atoms with Crippen LogP contribution in [0.5, 0.6) is 0 Å². The summed E-state index contributed by atoms with van der Waals surface area (Å²) in [6.07, 6.45) is 5.13. The number of anilines is 1. The maximum absolute atomic E-state index is 13.9. The lowest BCUT2D eigenvalue weighted by Gasteiger charge is -2.25. The molecule has 1 unspecified atom stereocenters. The van der Waals surface area contributed by atoms with Gasteiger partial charge < -0.3 is 25.3 Å². The topological polar surface area (TPSA) is 120 Å². The van der Waals surface area contributed by atoms with Crippen molar-refractivity contribution in [1.82, 2.24) is 14.5 Å². The van der Waals surface area contributed by atoms with Crippen molar-refractivity contribution in [2.24, 2.45) is 11.7 Å². The van der Waals surface area contributed by atoms with Gasteiger partial charge in [-0.15, -0.1) is 24.8 Å². The quantitative estimate of drug-likeness (QED) is 0.207. The van der Waals surface area contributed by atoms with Crippen molar-refractivity contribution < 1.29 is 19.1 Å². The van der Waals surface area contributed by atoms with E-state index in [-0.39, 0.29) is 55.4 Å². The molecule has 2 atom stereocenters. The molecule has 5 rings (SSSR count). The molecule has 0 spiro atoms. The normalized spacial score (nSPS) is 14.2. The van der Waals surface area contributed by atoms with Crippen LogP contribution in [0.25, 0.3) is 10.8 Å². The van der Waals surface area contributed by atoms with E-state index in [9.17, 15) is 14.4 Å². The van der Waals surface area contributed by atoms with Gasteiger partial charge in [-0.3, -0.25) is 14.4 Å². The Balaban J connectivity index is 0.00000276. The second kappa shape index (κ2) is 16.0. The predicted octanol–water partition coefficient (Wildman–Crippen LogP) is 5.56. The van der Waals surface area contributed by atoms with E-state index in [1.54, 1.807) is 30.9 Å². The van der Waals surface area contributed by atoms with Gasteiger partial charge in [0.05, 0.1) is 31.0 Å². The van der Waals surface area contributed by atoms with Crippen LogP contribution in [0, 0.1) is 5.92 Å². The van der Waals surface area contributed by atoms with E-state index in [2.05, 4.69) is 10.3 Å². The Morgan fingerprint density at radius 2 is 1.62 bits per heavy atom. The SMILES string of the molecule is CC(C)(N)C(=O)C[C@H](COCc1ccccc1)C(=O)Nc1cn(C(C(=O)N2CCCC2)c2cccc3ccccc23)cn1.Cl.Cl. The number of carbonyl (C=O) groups is 3. The van der Waals surface area contributed by atoms with Gasteiger partial charge in [-0.1, -0.05) is 72.8 Å². The van der Waals surface area contributed by atoms with Gasteiger partial charge in [0.15, 0.2) is 11.6 Å². The average molecular weight is 655 g/mol. The first kappa shape index (κ1) is 35.7. The standard InChI is InChI=1S/C34H39N5O4.2ClH/c1-34(2,35)29(40)19-26(22-43-21-24-11-4-3-5-12-24)32(41)37-30-20-39(23-36-30)31(33(42)38-17-8-9-18-38)28-16-10-14-25-13-6-7-15-27(25)28;;/h3-7,10-16,20,23,26,31H,8-9,17-19,21-22,35H2,1-2H3,(H,37,41);2*1H/t26-,31?;;/m1../s1. The molecular formula is C34H41Cl2N5O4. The Bertz CT molecular complexity index is 1580. The number of halogens is 2. The number of Topliss-reactive ketones (excluding diaryl/α,β-unsaturated/α-hetero) is 1. The second-order valence-corrected chi connectivity index (χ2v) is 11.7. The molecule has 1 aliphatic rings. The van der Waals surface area contributed by atoms with Crippen LogP contribution >= 0.6 is 24.8 Å². The molecule has 2 heterocycles. The van der Waals surface area contributed by atoms with Crippen molar-refractivity contribution in [3.63, 3.8) is 0 Å². The van der Waals surface area contributed by atoms with Crippen LogP contribution < -0.4 is 11.1 Å².